The van der Waals surface area contributed by atoms with Crippen molar-refractivity contribution in [2.75, 3.05) is 39.8 Å². The molecule has 1 fully saturated rings. The molecule has 0 bridgehead atoms. The molecule has 1 saturated heterocycles. The molecule has 2 rings (SSSR count). The zero-order valence-corrected chi connectivity index (χ0v) is 13.2. The smallest absolute Gasteiger partial charge is 0.221 e. The fraction of sp³-hybridized carbons (Fsp3) is 0.588. The van der Waals surface area contributed by atoms with Gasteiger partial charge in [0.15, 0.2) is 0 Å². The van der Waals surface area contributed by atoms with E-state index in [2.05, 4.69) is 52.4 Å². The average molecular weight is 289 g/mol. The molecule has 1 heterocycles. The van der Waals surface area contributed by atoms with Gasteiger partial charge < -0.3 is 10.2 Å². The first-order valence-electron chi connectivity index (χ1n) is 7.96. The third-order valence-corrected chi connectivity index (χ3v) is 4.35. The van der Waals surface area contributed by atoms with E-state index in [1.54, 1.807) is 7.05 Å². The standard InChI is InChI=1S/C17H27N3O/c1-3-16(15-7-5-4-6-8-15)20-13-11-19(12-14-20)10-9-17(21)18-2/h4-8,16H,3,9-14H2,1-2H3,(H,18,21)/t16-/m0/s1. The van der Waals surface area contributed by atoms with Crippen LogP contribution in [0.3, 0.4) is 0 Å². The maximum atomic E-state index is 11.3. The SMILES string of the molecule is CC[C@@H](c1ccccc1)N1CCN(CCC(=O)NC)CC1. The Morgan fingerprint density at radius 3 is 2.43 bits per heavy atom. The predicted molar refractivity (Wildman–Crippen MR) is 86.2 cm³/mol. The molecule has 1 aliphatic rings. The number of nitrogens with zero attached hydrogens (tertiary/aromatic N) is 2. The van der Waals surface area contributed by atoms with Crippen molar-refractivity contribution < 1.29 is 4.79 Å². The molecule has 4 heteroatoms. The van der Waals surface area contributed by atoms with Crippen LogP contribution in [0, 0.1) is 0 Å². The van der Waals surface area contributed by atoms with E-state index in [-0.39, 0.29) is 5.91 Å². The van der Waals surface area contributed by atoms with Crippen LogP contribution in [0.2, 0.25) is 0 Å². The van der Waals surface area contributed by atoms with Gasteiger partial charge in [-0.05, 0) is 12.0 Å². The van der Waals surface area contributed by atoms with Gasteiger partial charge in [0.25, 0.3) is 0 Å². The van der Waals surface area contributed by atoms with Gasteiger partial charge in [0.1, 0.15) is 0 Å². The number of piperazine rings is 1. The lowest BCUT2D eigenvalue weighted by Crippen LogP contribution is -2.48. The van der Waals surface area contributed by atoms with Crippen LogP contribution in [0.25, 0.3) is 0 Å². The number of hydrogen-bond acceptors (Lipinski definition) is 3. The summed E-state index contributed by atoms with van der Waals surface area (Å²) in [6.07, 6.45) is 1.74. The number of carbonyl (C=O) groups is 1. The quantitative estimate of drug-likeness (QED) is 0.869. The lowest BCUT2D eigenvalue weighted by atomic mass is 10.0. The van der Waals surface area contributed by atoms with Gasteiger partial charge in [-0.3, -0.25) is 9.69 Å². The Labute approximate surface area is 128 Å². The number of amides is 1. The lowest BCUT2D eigenvalue weighted by Gasteiger charge is -2.39. The van der Waals surface area contributed by atoms with E-state index < -0.39 is 0 Å². The van der Waals surface area contributed by atoms with Crippen molar-refractivity contribution in [2.24, 2.45) is 0 Å². The van der Waals surface area contributed by atoms with Gasteiger partial charge >= 0.3 is 0 Å². The van der Waals surface area contributed by atoms with Gasteiger partial charge in [-0.15, -0.1) is 0 Å². The minimum absolute atomic E-state index is 0.133. The van der Waals surface area contributed by atoms with Crippen molar-refractivity contribution in [3.63, 3.8) is 0 Å². The molecule has 0 saturated carbocycles. The average Bonchev–Trinajstić information content (AvgIpc) is 2.55. The summed E-state index contributed by atoms with van der Waals surface area (Å²) in [5.74, 6) is 0.133. The Bertz CT molecular complexity index is 427. The fourth-order valence-corrected chi connectivity index (χ4v) is 3.06. The van der Waals surface area contributed by atoms with Crippen molar-refractivity contribution in [1.29, 1.82) is 0 Å². The Hall–Kier alpha value is -1.39. The summed E-state index contributed by atoms with van der Waals surface area (Å²) < 4.78 is 0. The van der Waals surface area contributed by atoms with E-state index in [9.17, 15) is 4.79 Å². The molecule has 0 aliphatic carbocycles. The Morgan fingerprint density at radius 2 is 1.86 bits per heavy atom. The third-order valence-electron chi connectivity index (χ3n) is 4.35. The van der Waals surface area contributed by atoms with Crippen molar-refractivity contribution >= 4 is 5.91 Å². The molecule has 0 unspecified atom stereocenters. The normalized spacial score (nSPS) is 18.4. The summed E-state index contributed by atoms with van der Waals surface area (Å²) in [5, 5.41) is 2.69. The van der Waals surface area contributed by atoms with Crippen LogP contribution in [0.4, 0.5) is 0 Å². The zero-order chi connectivity index (χ0) is 15.1. The lowest BCUT2D eigenvalue weighted by molar-refractivity contribution is -0.121. The predicted octanol–water partition coefficient (Wildman–Crippen LogP) is 1.89. The van der Waals surface area contributed by atoms with E-state index in [1.165, 1.54) is 5.56 Å². The number of hydrogen-bond donors (Lipinski definition) is 1. The van der Waals surface area contributed by atoms with Crippen LogP contribution < -0.4 is 5.32 Å². The number of carbonyl (C=O) groups excluding carboxylic acids is 1. The van der Waals surface area contributed by atoms with Gasteiger partial charge in [-0.25, -0.2) is 0 Å². The molecule has 4 nitrogen and oxygen atoms in total. The highest BCUT2D eigenvalue weighted by molar-refractivity contribution is 5.75. The second kappa shape index (κ2) is 8.15. The monoisotopic (exact) mass is 289 g/mol. The van der Waals surface area contributed by atoms with E-state index in [4.69, 9.17) is 0 Å². The van der Waals surface area contributed by atoms with E-state index in [0.29, 0.717) is 12.5 Å². The van der Waals surface area contributed by atoms with Gasteiger partial charge in [0.2, 0.25) is 5.91 Å². The van der Waals surface area contributed by atoms with Crippen molar-refractivity contribution in [1.82, 2.24) is 15.1 Å². The Balaban J connectivity index is 1.83. The molecule has 0 radical (unpaired) electrons. The van der Waals surface area contributed by atoms with Crippen LogP contribution in [0.1, 0.15) is 31.4 Å². The fourth-order valence-electron chi connectivity index (χ4n) is 3.06. The van der Waals surface area contributed by atoms with Crippen molar-refractivity contribution in [3.8, 4) is 0 Å². The van der Waals surface area contributed by atoms with Gasteiger partial charge in [-0.2, -0.15) is 0 Å². The molecule has 1 atom stereocenters. The third kappa shape index (κ3) is 4.55. The highest BCUT2D eigenvalue weighted by Crippen LogP contribution is 2.25. The highest BCUT2D eigenvalue weighted by Gasteiger charge is 2.23. The van der Waals surface area contributed by atoms with Crippen LogP contribution in [0.5, 0.6) is 0 Å². The highest BCUT2D eigenvalue weighted by atomic mass is 16.1. The van der Waals surface area contributed by atoms with Crippen LogP contribution in [-0.2, 0) is 4.79 Å². The van der Waals surface area contributed by atoms with Gasteiger partial charge in [0, 0.05) is 52.2 Å². The second-order valence-electron chi connectivity index (χ2n) is 5.64. The summed E-state index contributed by atoms with van der Waals surface area (Å²) in [6.45, 7) is 7.41. The summed E-state index contributed by atoms with van der Waals surface area (Å²) in [4.78, 5) is 16.3. The maximum Gasteiger partial charge on any atom is 0.221 e. The van der Waals surface area contributed by atoms with E-state index >= 15 is 0 Å². The molecule has 1 amide bonds. The molecular weight excluding hydrogens is 262 g/mol. The molecule has 1 N–H and O–H groups in total. The molecule has 0 spiro atoms. The first-order valence-corrected chi connectivity index (χ1v) is 7.96. The first kappa shape index (κ1) is 16.0. The van der Waals surface area contributed by atoms with Crippen molar-refractivity contribution in [3.05, 3.63) is 35.9 Å². The largest absolute Gasteiger partial charge is 0.359 e. The maximum absolute atomic E-state index is 11.3. The molecule has 1 aromatic rings. The first-order chi connectivity index (χ1) is 10.2. The zero-order valence-electron chi connectivity index (χ0n) is 13.2. The molecule has 1 aliphatic heterocycles. The van der Waals surface area contributed by atoms with Crippen molar-refractivity contribution in [2.45, 2.75) is 25.8 Å². The van der Waals surface area contributed by atoms with Gasteiger partial charge in [0.05, 0.1) is 0 Å². The topological polar surface area (TPSA) is 35.6 Å². The minimum atomic E-state index is 0.133. The summed E-state index contributed by atoms with van der Waals surface area (Å²) >= 11 is 0. The molecule has 116 valence electrons. The number of nitrogens with one attached hydrogen (secondary N) is 1. The van der Waals surface area contributed by atoms with Crippen LogP contribution in [0.15, 0.2) is 30.3 Å². The minimum Gasteiger partial charge on any atom is -0.359 e. The van der Waals surface area contributed by atoms with Crippen LogP contribution >= 0.6 is 0 Å². The Kier molecular flexibility index (Phi) is 6.21. The second-order valence-corrected chi connectivity index (χ2v) is 5.64. The molecular formula is C17H27N3O. The Morgan fingerprint density at radius 1 is 1.19 bits per heavy atom. The van der Waals surface area contributed by atoms with Gasteiger partial charge in [-0.1, -0.05) is 37.3 Å². The van der Waals surface area contributed by atoms with E-state index in [1.807, 2.05) is 0 Å². The molecule has 21 heavy (non-hydrogen) atoms. The number of rotatable bonds is 6. The van der Waals surface area contributed by atoms with E-state index in [0.717, 1.165) is 39.1 Å². The summed E-state index contributed by atoms with van der Waals surface area (Å²) in [7, 11) is 1.70. The summed E-state index contributed by atoms with van der Waals surface area (Å²) in [5.41, 5.74) is 1.42. The number of benzene rings is 1. The molecule has 1 aromatic carbocycles. The molecule has 0 aromatic heterocycles. The summed E-state index contributed by atoms with van der Waals surface area (Å²) in [6, 6.07) is 11.3. The van der Waals surface area contributed by atoms with Crippen LogP contribution in [-0.4, -0.2) is 55.5 Å².